The van der Waals surface area contributed by atoms with Gasteiger partial charge in [-0.1, -0.05) is 24.3 Å². The molecule has 0 unspecified atom stereocenters. The molecule has 2 N–H and O–H groups in total. The summed E-state index contributed by atoms with van der Waals surface area (Å²) in [6, 6.07) is 13.7. The third-order valence-corrected chi connectivity index (χ3v) is 5.04. The number of nitrogens with one attached hydrogen (secondary N) is 2. The van der Waals surface area contributed by atoms with Crippen LogP contribution in [0, 0.1) is 0 Å². The fourth-order valence-corrected chi connectivity index (χ4v) is 3.86. The Morgan fingerprint density at radius 2 is 1.74 bits per heavy atom. The molecule has 1 aliphatic heterocycles. The number of hydrogen-bond donors (Lipinski definition) is 2. The molecule has 7 heteroatoms. The fraction of sp³-hybridized carbons (Fsp3) is 0.150. The van der Waals surface area contributed by atoms with E-state index in [9.17, 15) is 14.4 Å². The lowest BCUT2D eigenvalue weighted by Crippen LogP contribution is -2.16. The molecule has 27 heavy (non-hydrogen) atoms. The molecule has 0 aliphatic carbocycles. The van der Waals surface area contributed by atoms with Crippen LogP contribution in [0.15, 0.2) is 59.8 Å². The van der Waals surface area contributed by atoms with Crippen molar-refractivity contribution in [1.82, 2.24) is 0 Å². The minimum absolute atomic E-state index is 0.0318. The number of carbonyl (C=O) groups is 3. The van der Waals surface area contributed by atoms with Gasteiger partial charge in [-0.2, -0.15) is 11.8 Å². The van der Waals surface area contributed by atoms with Crippen LogP contribution in [0.5, 0.6) is 5.75 Å². The van der Waals surface area contributed by atoms with Gasteiger partial charge in [0.25, 0.3) is 12.4 Å². The number of thioether (sulfide) groups is 1. The molecule has 0 saturated heterocycles. The topological polar surface area (TPSA) is 84.5 Å². The van der Waals surface area contributed by atoms with Gasteiger partial charge in [-0.3, -0.25) is 14.4 Å². The molecule has 1 aliphatic rings. The van der Waals surface area contributed by atoms with Crippen molar-refractivity contribution in [2.24, 2.45) is 0 Å². The average molecular weight is 382 g/mol. The van der Waals surface area contributed by atoms with Crippen molar-refractivity contribution in [2.75, 3.05) is 22.1 Å². The lowest BCUT2D eigenvalue weighted by Gasteiger charge is -2.14. The maximum Gasteiger partial charge on any atom is 0.298 e. The van der Waals surface area contributed by atoms with Gasteiger partial charge in [-0.25, -0.2) is 0 Å². The highest BCUT2D eigenvalue weighted by Gasteiger charge is 2.20. The third-order valence-electron chi connectivity index (χ3n) is 4.05. The first-order chi connectivity index (χ1) is 13.1. The average Bonchev–Trinajstić information content (AvgIpc) is 3.12. The Morgan fingerprint density at radius 3 is 2.48 bits per heavy atom. The summed E-state index contributed by atoms with van der Waals surface area (Å²) in [4.78, 5) is 35.2. The number of anilines is 2. The summed E-state index contributed by atoms with van der Waals surface area (Å²) in [5.74, 6) is 1.31. The molecular formula is C20H18N2O4S. The molecule has 0 spiro atoms. The van der Waals surface area contributed by atoms with Gasteiger partial charge in [0, 0.05) is 22.8 Å². The zero-order valence-corrected chi connectivity index (χ0v) is 15.5. The summed E-state index contributed by atoms with van der Waals surface area (Å²) in [6.45, 7) is 1.86. The molecule has 0 fully saturated rings. The summed E-state index contributed by atoms with van der Waals surface area (Å²) in [7, 11) is 0. The molecule has 138 valence electrons. The van der Waals surface area contributed by atoms with E-state index in [0.717, 1.165) is 11.3 Å². The summed E-state index contributed by atoms with van der Waals surface area (Å²) in [5, 5.41) is 6.00. The molecule has 1 amide bonds. The maximum atomic E-state index is 12.8. The number of rotatable bonds is 7. The Bertz CT molecular complexity index is 924. The highest BCUT2D eigenvalue weighted by Crippen LogP contribution is 2.29. The van der Waals surface area contributed by atoms with Crippen LogP contribution in [0.4, 0.5) is 11.4 Å². The quantitative estimate of drug-likeness (QED) is 0.714. The SMILES string of the molecule is CC(=O)C1=C(Nc2ccccc2C(=O)Nc2ccccc2OC=O)CSC1. The molecule has 2 aromatic carbocycles. The predicted molar refractivity (Wildman–Crippen MR) is 106 cm³/mol. The van der Waals surface area contributed by atoms with E-state index in [1.165, 1.54) is 0 Å². The normalized spacial score (nSPS) is 13.2. The summed E-state index contributed by atoms with van der Waals surface area (Å²) in [5.41, 5.74) is 3.01. The van der Waals surface area contributed by atoms with Gasteiger partial charge in [0.05, 0.1) is 16.9 Å². The van der Waals surface area contributed by atoms with Gasteiger partial charge in [0.2, 0.25) is 0 Å². The van der Waals surface area contributed by atoms with Gasteiger partial charge in [-0.15, -0.1) is 0 Å². The first-order valence-electron chi connectivity index (χ1n) is 8.27. The molecule has 0 saturated carbocycles. The van der Waals surface area contributed by atoms with Crippen LogP contribution in [-0.4, -0.2) is 29.7 Å². The highest BCUT2D eigenvalue weighted by molar-refractivity contribution is 8.00. The van der Waals surface area contributed by atoms with Crippen molar-refractivity contribution in [3.63, 3.8) is 0 Å². The number of carbonyl (C=O) groups excluding carboxylic acids is 3. The molecule has 1 heterocycles. The summed E-state index contributed by atoms with van der Waals surface area (Å²) in [6.07, 6.45) is 0. The van der Waals surface area contributed by atoms with Crippen molar-refractivity contribution < 1.29 is 19.1 Å². The third kappa shape index (κ3) is 4.38. The Kier molecular flexibility index (Phi) is 5.93. The number of para-hydroxylation sites is 3. The Morgan fingerprint density at radius 1 is 1.04 bits per heavy atom. The van der Waals surface area contributed by atoms with Crippen LogP contribution < -0.4 is 15.4 Å². The number of ketones is 1. The van der Waals surface area contributed by atoms with Crippen LogP contribution >= 0.6 is 11.8 Å². The van der Waals surface area contributed by atoms with Gasteiger partial charge in [0.1, 0.15) is 0 Å². The smallest absolute Gasteiger partial charge is 0.298 e. The maximum absolute atomic E-state index is 12.8. The Labute approximate surface area is 161 Å². The van der Waals surface area contributed by atoms with Gasteiger partial charge in [-0.05, 0) is 31.2 Å². The van der Waals surface area contributed by atoms with Crippen LogP contribution in [0.1, 0.15) is 17.3 Å². The van der Waals surface area contributed by atoms with Crippen LogP contribution in [0.3, 0.4) is 0 Å². The van der Waals surface area contributed by atoms with Gasteiger partial charge >= 0.3 is 0 Å². The minimum atomic E-state index is -0.351. The monoisotopic (exact) mass is 382 g/mol. The number of hydrogen-bond acceptors (Lipinski definition) is 6. The highest BCUT2D eigenvalue weighted by atomic mass is 32.2. The zero-order chi connectivity index (χ0) is 19.2. The van der Waals surface area contributed by atoms with Crippen LogP contribution in [0.25, 0.3) is 0 Å². The summed E-state index contributed by atoms with van der Waals surface area (Å²) < 4.78 is 4.89. The molecule has 0 bridgehead atoms. The largest absolute Gasteiger partial charge is 0.427 e. The van der Waals surface area contributed by atoms with Crippen molar-refractivity contribution >= 4 is 41.3 Å². The fourth-order valence-electron chi connectivity index (χ4n) is 2.72. The van der Waals surface area contributed by atoms with E-state index in [0.29, 0.717) is 34.9 Å². The molecule has 6 nitrogen and oxygen atoms in total. The molecule has 3 rings (SSSR count). The number of Topliss-reactive ketones (excluding diaryl/α,β-unsaturated/α-hetero) is 1. The van der Waals surface area contributed by atoms with E-state index in [2.05, 4.69) is 10.6 Å². The molecule has 2 aromatic rings. The Balaban J connectivity index is 1.86. The molecule has 0 aromatic heterocycles. The Hall–Kier alpha value is -3.06. The van der Waals surface area contributed by atoms with Crippen molar-refractivity contribution in [3.8, 4) is 5.75 Å². The predicted octanol–water partition coefficient (Wildman–Crippen LogP) is 3.48. The second-order valence-electron chi connectivity index (χ2n) is 5.84. The first kappa shape index (κ1) is 18.7. The second-order valence-corrected chi connectivity index (χ2v) is 6.83. The van der Waals surface area contributed by atoms with Crippen molar-refractivity contribution in [2.45, 2.75) is 6.92 Å². The van der Waals surface area contributed by atoms with Gasteiger partial charge < -0.3 is 15.4 Å². The molecule has 0 radical (unpaired) electrons. The van der Waals surface area contributed by atoms with E-state index in [4.69, 9.17) is 4.74 Å². The number of amides is 1. The number of ether oxygens (including phenoxy) is 1. The van der Waals surface area contributed by atoms with E-state index in [-0.39, 0.29) is 17.4 Å². The van der Waals surface area contributed by atoms with E-state index in [1.807, 2.05) is 6.07 Å². The summed E-state index contributed by atoms with van der Waals surface area (Å²) >= 11 is 1.65. The van der Waals surface area contributed by atoms with Crippen molar-refractivity contribution in [3.05, 3.63) is 65.4 Å². The van der Waals surface area contributed by atoms with Crippen LogP contribution in [0.2, 0.25) is 0 Å². The molecular weight excluding hydrogens is 364 g/mol. The van der Waals surface area contributed by atoms with Gasteiger partial charge in [0.15, 0.2) is 11.5 Å². The second kappa shape index (κ2) is 8.55. The number of benzene rings is 2. The van der Waals surface area contributed by atoms with E-state index in [1.54, 1.807) is 61.2 Å². The standard InChI is InChI=1S/C20H18N2O4S/c1-13(24)15-10-27-11-18(15)21-16-7-3-2-6-14(16)20(25)22-17-8-4-5-9-19(17)26-12-23/h2-9,12,21H,10-11H2,1H3,(H,22,25). The minimum Gasteiger partial charge on any atom is -0.427 e. The first-order valence-corrected chi connectivity index (χ1v) is 9.43. The molecule has 0 atom stereocenters. The lowest BCUT2D eigenvalue weighted by atomic mass is 10.1. The zero-order valence-electron chi connectivity index (χ0n) is 14.7. The van der Waals surface area contributed by atoms with Crippen molar-refractivity contribution in [1.29, 1.82) is 0 Å². The van der Waals surface area contributed by atoms with E-state index >= 15 is 0 Å². The lowest BCUT2D eigenvalue weighted by molar-refractivity contribution is -0.120. The van der Waals surface area contributed by atoms with Crippen LogP contribution in [-0.2, 0) is 9.59 Å². The van der Waals surface area contributed by atoms with E-state index < -0.39 is 0 Å².